The molecule has 0 aliphatic rings. The van der Waals surface area contributed by atoms with E-state index in [-0.39, 0.29) is 10.8 Å². The van der Waals surface area contributed by atoms with Crippen LogP contribution in [0, 0.1) is 0 Å². The van der Waals surface area contributed by atoms with Gasteiger partial charge in [0.1, 0.15) is 6.26 Å². The number of rotatable bonds is 5. The highest BCUT2D eigenvalue weighted by molar-refractivity contribution is 7.89. The molecule has 0 fully saturated rings. The summed E-state index contributed by atoms with van der Waals surface area (Å²) in [4.78, 5) is 16.1. The minimum Gasteiger partial charge on any atom is -0.480 e. The fourth-order valence-corrected chi connectivity index (χ4v) is 3.30. The van der Waals surface area contributed by atoms with Gasteiger partial charge in [-0.25, -0.2) is 18.5 Å². The zero-order valence-electron chi connectivity index (χ0n) is 13.8. The largest absolute Gasteiger partial charge is 0.480 e. The van der Waals surface area contributed by atoms with Crippen LogP contribution in [0.25, 0.3) is 11.1 Å². The first-order valence-corrected chi connectivity index (χ1v) is 9.15. The molecule has 3 rings (SSSR count). The lowest BCUT2D eigenvalue weighted by Crippen LogP contribution is -2.34. The van der Waals surface area contributed by atoms with Crippen molar-refractivity contribution in [2.75, 3.05) is 0 Å². The summed E-state index contributed by atoms with van der Waals surface area (Å²) in [5, 5.41) is 15.0. The molecule has 0 saturated carbocycles. The van der Waals surface area contributed by atoms with Crippen molar-refractivity contribution in [1.82, 2.24) is 4.98 Å². The van der Waals surface area contributed by atoms with Gasteiger partial charge in [-0.1, -0.05) is 36.4 Å². The molecule has 1 atom stereocenters. The monoisotopic (exact) mass is 372 g/mol. The number of benzene rings is 2. The Labute approximate surface area is 150 Å². The second-order valence-corrected chi connectivity index (χ2v) is 7.44. The van der Waals surface area contributed by atoms with Gasteiger partial charge in [0, 0.05) is 0 Å². The van der Waals surface area contributed by atoms with Gasteiger partial charge >= 0.3 is 5.97 Å². The SMILES string of the molecule is CC(C(=O)O)(c1ncco1)c1ccccc1-c1ccc(S(N)(=O)=O)cc1. The van der Waals surface area contributed by atoms with E-state index in [1.807, 2.05) is 0 Å². The summed E-state index contributed by atoms with van der Waals surface area (Å²) in [6, 6.07) is 12.8. The van der Waals surface area contributed by atoms with E-state index in [9.17, 15) is 18.3 Å². The Hall–Kier alpha value is -2.97. The fourth-order valence-electron chi connectivity index (χ4n) is 2.79. The van der Waals surface area contributed by atoms with E-state index in [0.29, 0.717) is 16.7 Å². The van der Waals surface area contributed by atoms with Crippen molar-refractivity contribution in [3.8, 4) is 11.1 Å². The molecule has 0 amide bonds. The molecule has 3 N–H and O–H groups in total. The summed E-state index contributed by atoms with van der Waals surface area (Å²) in [5.41, 5.74) is 0.223. The van der Waals surface area contributed by atoms with Crippen LogP contribution in [0.5, 0.6) is 0 Å². The number of primary sulfonamides is 1. The van der Waals surface area contributed by atoms with E-state index >= 15 is 0 Å². The van der Waals surface area contributed by atoms with Gasteiger partial charge < -0.3 is 9.52 Å². The molecule has 26 heavy (non-hydrogen) atoms. The number of oxazole rings is 1. The number of hydrogen-bond donors (Lipinski definition) is 2. The predicted molar refractivity (Wildman–Crippen MR) is 93.8 cm³/mol. The minimum atomic E-state index is -3.81. The average Bonchev–Trinajstić information content (AvgIpc) is 3.15. The fraction of sp³-hybridized carbons (Fsp3) is 0.111. The quantitative estimate of drug-likeness (QED) is 0.709. The maximum absolute atomic E-state index is 12.1. The molecule has 134 valence electrons. The molecule has 0 spiro atoms. The van der Waals surface area contributed by atoms with Crippen molar-refractivity contribution in [3.05, 3.63) is 72.4 Å². The lowest BCUT2D eigenvalue weighted by molar-refractivity contribution is -0.142. The van der Waals surface area contributed by atoms with Crippen LogP contribution in [0.1, 0.15) is 18.4 Å². The van der Waals surface area contributed by atoms with E-state index in [1.165, 1.54) is 31.5 Å². The Bertz CT molecular complexity index is 1040. The molecular weight excluding hydrogens is 356 g/mol. The van der Waals surface area contributed by atoms with E-state index in [2.05, 4.69) is 4.98 Å². The second kappa shape index (κ2) is 6.40. The second-order valence-electron chi connectivity index (χ2n) is 5.88. The molecule has 3 aromatic rings. The van der Waals surface area contributed by atoms with E-state index in [4.69, 9.17) is 9.56 Å². The maximum Gasteiger partial charge on any atom is 0.323 e. The molecular formula is C18H16N2O5S. The zero-order chi connectivity index (χ0) is 18.9. The van der Waals surface area contributed by atoms with Crippen LogP contribution in [0.4, 0.5) is 0 Å². The third-order valence-corrected chi connectivity index (χ3v) is 5.18. The first-order chi connectivity index (χ1) is 12.2. The molecule has 0 saturated heterocycles. The highest BCUT2D eigenvalue weighted by Gasteiger charge is 2.43. The van der Waals surface area contributed by atoms with Crippen molar-refractivity contribution in [3.63, 3.8) is 0 Å². The topological polar surface area (TPSA) is 123 Å². The summed E-state index contributed by atoms with van der Waals surface area (Å²) in [7, 11) is -3.81. The summed E-state index contributed by atoms with van der Waals surface area (Å²) in [6.45, 7) is 1.51. The maximum atomic E-state index is 12.1. The van der Waals surface area contributed by atoms with Gasteiger partial charge in [0.25, 0.3) is 0 Å². The number of hydrogen-bond acceptors (Lipinski definition) is 5. The van der Waals surface area contributed by atoms with Crippen LogP contribution in [-0.4, -0.2) is 24.5 Å². The number of nitrogens with two attached hydrogens (primary N) is 1. The molecule has 1 aromatic heterocycles. The number of carboxylic acid groups (broad SMARTS) is 1. The standard InChI is InChI=1S/C18H16N2O5S/c1-18(17(21)22,16-20-10-11-25-16)15-5-3-2-4-14(15)12-6-8-13(9-7-12)26(19,23)24/h2-11H,1H3,(H,21,22)(H2,19,23,24). The lowest BCUT2D eigenvalue weighted by atomic mass is 9.78. The smallest absolute Gasteiger partial charge is 0.323 e. The van der Waals surface area contributed by atoms with Gasteiger partial charge in [0.15, 0.2) is 5.41 Å². The number of aliphatic carboxylic acids is 1. The number of carbonyl (C=O) groups is 1. The Balaban J connectivity index is 2.19. The van der Waals surface area contributed by atoms with Crippen LogP contribution in [0.15, 0.2) is 70.3 Å². The Kier molecular flexibility index (Phi) is 4.39. The van der Waals surface area contributed by atoms with Gasteiger partial charge in [-0.2, -0.15) is 0 Å². The van der Waals surface area contributed by atoms with Gasteiger partial charge in [0.05, 0.1) is 11.1 Å². The molecule has 7 nitrogen and oxygen atoms in total. The van der Waals surface area contributed by atoms with Crippen molar-refractivity contribution in [1.29, 1.82) is 0 Å². The molecule has 2 aromatic carbocycles. The van der Waals surface area contributed by atoms with Crippen molar-refractivity contribution >= 4 is 16.0 Å². The first-order valence-electron chi connectivity index (χ1n) is 7.60. The summed E-state index contributed by atoms with van der Waals surface area (Å²) in [6.07, 6.45) is 2.71. The van der Waals surface area contributed by atoms with Gasteiger partial charge in [-0.15, -0.1) is 0 Å². The third kappa shape index (κ3) is 3.00. The summed E-state index contributed by atoms with van der Waals surface area (Å²) >= 11 is 0. The molecule has 0 aliphatic carbocycles. The third-order valence-electron chi connectivity index (χ3n) is 4.25. The van der Waals surface area contributed by atoms with Crippen LogP contribution < -0.4 is 5.14 Å². The van der Waals surface area contributed by atoms with Crippen LogP contribution in [-0.2, 0) is 20.2 Å². The Morgan fingerprint density at radius 1 is 1.15 bits per heavy atom. The molecule has 1 unspecified atom stereocenters. The van der Waals surface area contributed by atoms with Crippen molar-refractivity contribution in [2.24, 2.45) is 5.14 Å². The molecule has 0 radical (unpaired) electrons. The van der Waals surface area contributed by atoms with Crippen LogP contribution in [0.3, 0.4) is 0 Å². The minimum absolute atomic E-state index is 0.0209. The highest BCUT2D eigenvalue weighted by Crippen LogP contribution is 2.38. The number of aromatic nitrogens is 1. The molecule has 0 aliphatic heterocycles. The van der Waals surface area contributed by atoms with Crippen molar-refractivity contribution < 1.29 is 22.7 Å². The van der Waals surface area contributed by atoms with E-state index in [0.717, 1.165) is 0 Å². The lowest BCUT2D eigenvalue weighted by Gasteiger charge is -2.24. The number of nitrogens with zero attached hydrogens (tertiary/aromatic N) is 1. The molecule has 0 bridgehead atoms. The summed E-state index contributed by atoms with van der Waals surface area (Å²) in [5.74, 6) is -1.06. The molecule has 8 heteroatoms. The zero-order valence-corrected chi connectivity index (χ0v) is 14.6. The number of carboxylic acids is 1. The van der Waals surface area contributed by atoms with Gasteiger partial charge in [-0.3, -0.25) is 4.79 Å². The Morgan fingerprint density at radius 3 is 2.35 bits per heavy atom. The first kappa shape index (κ1) is 17.8. The average molecular weight is 372 g/mol. The van der Waals surface area contributed by atoms with Gasteiger partial charge in [0.2, 0.25) is 15.9 Å². The normalized spacial score (nSPS) is 13.9. The predicted octanol–water partition coefficient (Wildman–Crippen LogP) is 2.38. The highest BCUT2D eigenvalue weighted by atomic mass is 32.2. The summed E-state index contributed by atoms with van der Waals surface area (Å²) < 4.78 is 28.1. The van der Waals surface area contributed by atoms with E-state index < -0.39 is 21.4 Å². The van der Waals surface area contributed by atoms with E-state index in [1.54, 1.807) is 36.4 Å². The number of sulfonamides is 1. The van der Waals surface area contributed by atoms with Gasteiger partial charge in [-0.05, 0) is 35.7 Å². The Morgan fingerprint density at radius 2 is 1.81 bits per heavy atom. The van der Waals surface area contributed by atoms with Crippen LogP contribution in [0.2, 0.25) is 0 Å². The van der Waals surface area contributed by atoms with Crippen molar-refractivity contribution in [2.45, 2.75) is 17.2 Å². The van der Waals surface area contributed by atoms with Crippen LogP contribution >= 0.6 is 0 Å². The molecule has 1 heterocycles.